The Bertz CT molecular complexity index is 420. The number of likely N-dealkylation sites (tertiary alicyclic amines) is 1. The molecule has 0 atom stereocenters. The predicted molar refractivity (Wildman–Crippen MR) is 66.3 cm³/mol. The molecule has 0 aromatic carbocycles. The zero-order valence-corrected chi connectivity index (χ0v) is 11.0. The Morgan fingerprint density at radius 2 is 2.17 bits per heavy atom. The van der Waals surface area contributed by atoms with Gasteiger partial charge in [-0.2, -0.15) is 0 Å². The number of aromatic nitrogens is 1. The van der Waals surface area contributed by atoms with Crippen LogP contribution in [0.3, 0.4) is 0 Å². The first kappa shape index (κ1) is 13.1. The van der Waals surface area contributed by atoms with Crippen LogP contribution in [0, 0.1) is 12.8 Å². The van der Waals surface area contributed by atoms with Crippen LogP contribution in [-0.4, -0.2) is 40.8 Å². The fraction of sp³-hybridized carbons (Fsp3) is 0.692. The van der Waals surface area contributed by atoms with Gasteiger partial charge < -0.3 is 14.5 Å². The summed E-state index contributed by atoms with van der Waals surface area (Å²) in [6.07, 6.45) is 2.44. The van der Waals surface area contributed by atoms with Gasteiger partial charge >= 0.3 is 0 Å². The van der Waals surface area contributed by atoms with Crippen molar-refractivity contribution in [3.63, 3.8) is 0 Å². The van der Waals surface area contributed by atoms with Crippen LogP contribution in [0.5, 0.6) is 0 Å². The third-order valence-electron chi connectivity index (χ3n) is 3.64. The largest absolute Gasteiger partial charge is 0.396 e. The molecule has 5 heteroatoms. The Morgan fingerprint density at radius 3 is 2.72 bits per heavy atom. The van der Waals surface area contributed by atoms with Crippen LogP contribution in [0.25, 0.3) is 0 Å². The minimum Gasteiger partial charge on any atom is -0.396 e. The lowest BCUT2D eigenvalue weighted by Gasteiger charge is -2.31. The fourth-order valence-corrected chi connectivity index (χ4v) is 2.41. The first-order valence-electron chi connectivity index (χ1n) is 6.52. The van der Waals surface area contributed by atoms with E-state index in [2.05, 4.69) is 5.16 Å². The van der Waals surface area contributed by atoms with Crippen molar-refractivity contribution in [3.8, 4) is 0 Å². The van der Waals surface area contributed by atoms with Gasteiger partial charge in [0.25, 0.3) is 5.91 Å². The number of hydrogen-bond donors (Lipinski definition) is 1. The smallest absolute Gasteiger partial charge is 0.259 e. The van der Waals surface area contributed by atoms with Crippen LogP contribution < -0.4 is 0 Å². The molecule has 0 unspecified atom stereocenters. The average Bonchev–Trinajstić information content (AvgIpc) is 2.79. The topological polar surface area (TPSA) is 66.6 Å². The quantitative estimate of drug-likeness (QED) is 0.882. The lowest BCUT2D eigenvalue weighted by Crippen LogP contribution is -2.39. The standard InChI is InChI=1S/C13H20N2O3/c1-3-11-12(9(2)18-14-11)13(17)15-6-4-10(8-16)5-7-15/h10,16H,3-8H2,1-2H3. The molecule has 1 aromatic heterocycles. The minimum atomic E-state index is 0.0157. The van der Waals surface area contributed by atoms with E-state index in [0.29, 0.717) is 36.8 Å². The van der Waals surface area contributed by atoms with Crippen LogP contribution in [0.1, 0.15) is 41.6 Å². The van der Waals surface area contributed by atoms with Crippen molar-refractivity contribution in [2.45, 2.75) is 33.1 Å². The molecule has 2 rings (SSSR count). The summed E-state index contributed by atoms with van der Waals surface area (Å²) < 4.78 is 5.10. The lowest BCUT2D eigenvalue weighted by atomic mass is 9.97. The minimum absolute atomic E-state index is 0.0157. The van der Waals surface area contributed by atoms with Crippen molar-refractivity contribution < 1.29 is 14.4 Å². The molecule has 1 aromatic rings. The SMILES string of the molecule is CCc1noc(C)c1C(=O)N1CCC(CO)CC1. The van der Waals surface area contributed by atoms with Gasteiger partial charge in [0.1, 0.15) is 11.3 Å². The molecule has 100 valence electrons. The van der Waals surface area contributed by atoms with E-state index in [1.165, 1.54) is 0 Å². The second-order valence-electron chi connectivity index (χ2n) is 4.83. The number of carbonyl (C=O) groups is 1. The van der Waals surface area contributed by atoms with Crippen molar-refractivity contribution in [1.29, 1.82) is 0 Å². The molecule has 0 saturated carbocycles. The number of amides is 1. The van der Waals surface area contributed by atoms with Crippen molar-refractivity contribution in [3.05, 3.63) is 17.0 Å². The zero-order chi connectivity index (χ0) is 13.1. The highest BCUT2D eigenvalue weighted by atomic mass is 16.5. The molecule has 0 aliphatic carbocycles. The molecule has 18 heavy (non-hydrogen) atoms. The van der Waals surface area contributed by atoms with Gasteiger partial charge in [-0.05, 0) is 32.1 Å². The molecule has 2 heterocycles. The van der Waals surface area contributed by atoms with E-state index in [9.17, 15) is 4.79 Å². The Balaban J connectivity index is 2.10. The van der Waals surface area contributed by atoms with Crippen molar-refractivity contribution >= 4 is 5.91 Å². The summed E-state index contributed by atoms with van der Waals surface area (Å²) in [5.74, 6) is 0.950. The lowest BCUT2D eigenvalue weighted by molar-refractivity contribution is 0.0648. The molecule has 0 radical (unpaired) electrons. The van der Waals surface area contributed by atoms with Gasteiger partial charge in [0.2, 0.25) is 0 Å². The molecule has 0 bridgehead atoms. The number of nitrogens with zero attached hydrogens (tertiary/aromatic N) is 2. The number of aliphatic hydroxyl groups is 1. The van der Waals surface area contributed by atoms with E-state index < -0.39 is 0 Å². The maximum absolute atomic E-state index is 12.4. The molecular formula is C13H20N2O3. The van der Waals surface area contributed by atoms with Crippen LogP contribution >= 0.6 is 0 Å². The van der Waals surface area contributed by atoms with Gasteiger partial charge in [-0.25, -0.2) is 0 Å². The Labute approximate surface area is 107 Å². The van der Waals surface area contributed by atoms with Gasteiger partial charge in [0.15, 0.2) is 0 Å². The van der Waals surface area contributed by atoms with Gasteiger partial charge in [0, 0.05) is 19.7 Å². The zero-order valence-electron chi connectivity index (χ0n) is 11.0. The molecule has 1 saturated heterocycles. The third kappa shape index (κ3) is 2.41. The highest BCUT2D eigenvalue weighted by Crippen LogP contribution is 2.21. The normalized spacial score (nSPS) is 17.2. The number of hydrogen-bond acceptors (Lipinski definition) is 4. The molecule has 1 amide bonds. The number of piperidine rings is 1. The van der Waals surface area contributed by atoms with E-state index in [1.807, 2.05) is 11.8 Å². The Morgan fingerprint density at radius 1 is 1.50 bits per heavy atom. The second-order valence-corrected chi connectivity index (χ2v) is 4.83. The summed E-state index contributed by atoms with van der Waals surface area (Å²) in [7, 11) is 0. The van der Waals surface area contributed by atoms with Crippen LogP contribution in [0.2, 0.25) is 0 Å². The molecule has 1 aliphatic heterocycles. The summed E-state index contributed by atoms with van der Waals surface area (Å²) in [5.41, 5.74) is 1.36. The molecular weight excluding hydrogens is 232 g/mol. The Hall–Kier alpha value is -1.36. The summed E-state index contributed by atoms with van der Waals surface area (Å²) >= 11 is 0. The molecule has 1 N–H and O–H groups in total. The first-order chi connectivity index (χ1) is 8.67. The summed E-state index contributed by atoms with van der Waals surface area (Å²) in [6, 6.07) is 0. The number of rotatable bonds is 3. The average molecular weight is 252 g/mol. The maximum Gasteiger partial charge on any atom is 0.259 e. The fourth-order valence-electron chi connectivity index (χ4n) is 2.41. The van der Waals surface area contributed by atoms with Gasteiger partial charge in [-0.3, -0.25) is 4.79 Å². The monoisotopic (exact) mass is 252 g/mol. The molecule has 1 fully saturated rings. The predicted octanol–water partition coefficient (Wildman–Crippen LogP) is 1.39. The van der Waals surface area contributed by atoms with Gasteiger partial charge in [-0.1, -0.05) is 12.1 Å². The van der Waals surface area contributed by atoms with Gasteiger partial charge in [0.05, 0.1) is 5.69 Å². The van der Waals surface area contributed by atoms with E-state index in [1.54, 1.807) is 6.92 Å². The summed E-state index contributed by atoms with van der Waals surface area (Å²) in [5, 5.41) is 13.0. The number of aliphatic hydroxyl groups excluding tert-OH is 1. The van der Waals surface area contributed by atoms with Crippen molar-refractivity contribution in [1.82, 2.24) is 10.1 Å². The third-order valence-corrected chi connectivity index (χ3v) is 3.64. The van der Waals surface area contributed by atoms with Crippen LogP contribution in [-0.2, 0) is 6.42 Å². The highest BCUT2D eigenvalue weighted by molar-refractivity contribution is 5.96. The molecule has 1 aliphatic rings. The number of aryl methyl sites for hydroxylation is 2. The van der Waals surface area contributed by atoms with E-state index >= 15 is 0 Å². The molecule has 5 nitrogen and oxygen atoms in total. The maximum atomic E-state index is 12.4. The Kier molecular flexibility index (Phi) is 4.01. The van der Waals surface area contributed by atoms with Crippen LogP contribution in [0.4, 0.5) is 0 Å². The van der Waals surface area contributed by atoms with Crippen molar-refractivity contribution in [2.75, 3.05) is 19.7 Å². The van der Waals surface area contributed by atoms with Crippen molar-refractivity contribution in [2.24, 2.45) is 5.92 Å². The summed E-state index contributed by atoms with van der Waals surface area (Å²) in [6.45, 7) is 5.37. The van der Waals surface area contributed by atoms with Crippen LogP contribution in [0.15, 0.2) is 4.52 Å². The number of carbonyl (C=O) groups excluding carboxylic acids is 1. The van der Waals surface area contributed by atoms with E-state index in [-0.39, 0.29) is 12.5 Å². The molecule has 0 spiro atoms. The van der Waals surface area contributed by atoms with Gasteiger partial charge in [-0.15, -0.1) is 0 Å². The van der Waals surface area contributed by atoms with E-state index in [0.717, 1.165) is 18.5 Å². The van der Waals surface area contributed by atoms with E-state index in [4.69, 9.17) is 9.63 Å². The first-order valence-corrected chi connectivity index (χ1v) is 6.52. The summed E-state index contributed by atoms with van der Waals surface area (Å²) in [4.78, 5) is 14.3. The second kappa shape index (κ2) is 5.52. The highest BCUT2D eigenvalue weighted by Gasteiger charge is 2.27.